The molecule has 6 heteroatoms. The van der Waals surface area contributed by atoms with Crippen LogP contribution in [-0.2, 0) is 16.1 Å². The lowest BCUT2D eigenvalue weighted by Crippen LogP contribution is -2.16. The summed E-state index contributed by atoms with van der Waals surface area (Å²) in [5, 5.41) is 1.35. The van der Waals surface area contributed by atoms with Gasteiger partial charge in [0.05, 0.1) is 0 Å². The third kappa shape index (κ3) is 4.31. The van der Waals surface area contributed by atoms with Crippen LogP contribution in [0.5, 0.6) is 5.75 Å². The molecule has 0 radical (unpaired) electrons. The van der Waals surface area contributed by atoms with Crippen molar-refractivity contribution in [3.8, 4) is 5.75 Å². The van der Waals surface area contributed by atoms with Gasteiger partial charge in [0.15, 0.2) is 6.61 Å². The highest BCUT2D eigenvalue weighted by Gasteiger charge is 2.12. The predicted octanol–water partition coefficient (Wildman–Crippen LogP) is 4.49. The van der Waals surface area contributed by atoms with E-state index in [1.807, 2.05) is 32.9 Å². The van der Waals surface area contributed by atoms with Crippen LogP contribution in [0.3, 0.4) is 0 Å². The maximum absolute atomic E-state index is 12.0. The van der Waals surface area contributed by atoms with Crippen molar-refractivity contribution < 1.29 is 18.7 Å². The van der Waals surface area contributed by atoms with Crippen molar-refractivity contribution in [3.63, 3.8) is 0 Å². The molecule has 5 nitrogen and oxygen atoms in total. The lowest BCUT2D eigenvalue weighted by atomic mass is 10.0. The summed E-state index contributed by atoms with van der Waals surface area (Å²) in [6.07, 6.45) is 0. The lowest BCUT2D eigenvalue weighted by Gasteiger charge is -2.11. The number of fused-ring (bicyclic) bond motifs is 1. The standard InChI is InChI=1S/C21H19ClO5/c1-12-4-6-17-15(9-19(23)27-21(17)14(12)3)10-26-20(24)11-25-18-7-5-16(22)8-13(18)2/h4-9H,10-11H2,1-3H3. The topological polar surface area (TPSA) is 65.7 Å². The van der Waals surface area contributed by atoms with Crippen molar-refractivity contribution in [1.29, 1.82) is 0 Å². The molecule has 0 bridgehead atoms. The van der Waals surface area contributed by atoms with E-state index in [0.717, 1.165) is 22.1 Å². The van der Waals surface area contributed by atoms with Crippen LogP contribution in [0, 0.1) is 20.8 Å². The van der Waals surface area contributed by atoms with E-state index in [0.29, 0.717) is 21.9 Å². The minimum absolute atomic E-state index is 0.0353. The summed E-state index contributed by atoms with van der Waals surface area (Å²) in [6.45, 7) is 5.40. The Hall–Kier alpha value is -2.79. The Labute approximate surface area is 161 Å². The molecule has 0 atom stereocenters. The second-order valence-corrected chi connectivity index (χ2v) is 6.77. The first-order valence-electron chi connectivity index (χ1n) is 8.42. The number of aryl methyl sites for hydroxylation is 3. The maximum Gasteiger partial charge on any atom is 0.344 e. The van der Waals surface area contributed by atoms with Crippen LogP contribution in [0.2, 0.25) is 5.02 Å². The number of halogens is 1. The lowest BCUT2D eigenvalue weighted by molar-refractivity contribution is -0.147. The fraction of sp³-hybridized carbons (Fsp3) is 0.238. The van der Waals surface area contributed by atoms with Gasteiger partial charge in [0.2, 0.25) is 0 Å². The summed E-state index contributed by atoms with van der Waals surface area (Å²) in [5.41, 5.74) is 3.37. The van der Waals surface area contributed by atoms with Crippen LogP contribution < -0.4 is 10.4 Å². The van der Waals surface area contributed by atoms with Crippen LogP contribution in [0.4, 0.5) is 0 Å². The van der Waals surface area contributed by atoms with E-state index in [1.54, 1.807) is 18.2 Å². The number of carbonyl (C=O) groups excluding carboxylic acids is 1. The average molecular weight is 387 g/mol. The first-order chi connectivity index (χ1) is 12.8. The largest absolute Gasteiger partial charge is 0.482 e. The highest BCUT2D eigenvalue weighted by atomic mass is 35.5. The Kier molecular flexibility index (Phi) is 5.51. The zero-order valence-electron chi connectivity index (χ0n) is 15.3. The Morgan fingerprint density at radius 2 is 1.85 bits per heavy atom. The maximum atomic E-state index is 12.0. The van der Waals surface area contributed by atoms with E-state index < -0.39 is 11.6 Å². The highest BCUT2D eigenvalue weighted by molar-refractivity contribution is 6.30. The number of carbonyl (C=O) groups is 1. The third-order valence-corrected chi connectivity index (χ3v) is 4.62. The molecule has 0 fully saturated rings. The smallest absolute Gasteiger partial charge is 0.344 e. The number of hydrogen-bond acceptors (Lipinski definition) is 5. The Balaban J connectivity index is 1.70. The molecule has 0 saturated carbocycles. The fourth-order valence-electron chi connectivity index (χ4n) is 2.76. The van der Waals surface area contributed by atoms with Crippen molar-refractivity contribution in [1.82, 2.24) is 0 Å². The zero-order chi connectivity index (χ0) is 19.6. The van der Waals surface area contributed by atoms with Gasteiger partial charge in [-0.3, -0.25) is 0 Å². The minimum Gasteiger partial charge on any atom is -0.482 e. The van der Waals surface area contributed by atoms with Gasteiger partial charge in [0.25, 0.3) is 0 Å². The van der Waals surface area contributed by atoms with Gasteiger partial charge in [-0.2, -0.15) is 0 Å². The number of rotatable bonds is 5. The molecule has 0 N–H and O–H groups in total. The molecule has 27 heavy (non-hydrogen) atoms. The molecule has 0 saturated heterocycles. The van der Waals surface area contributed by atoms with E-state index in [-0.39, 0.29) is 13.2 Å². The summed E-state index contributed by atoms with van der Waals surface area (Å²) in [5.74, 6) is 0.0304. The molecule has 140 valence electrons. The molecule has 1 aromatic heterocycles. The minimum atomic E-state index is -0.533. The number of ether oxygens (including phenoxy) is 2. The van der Waals surface area contributed by atoms with Gasteiger partial charge in [0.1, 0.15) is 17.9 Å². The van der Waals surface area contributed by atoms with Crippen molar-refractivity contribution in [2.45, 2.75) is 27.4 Å². The molecule has 3 rings (SSSR count). The predicted molar refractivity (Wildman–Crippen MR) is 103 cm³/mol. The third-order valence-electron chi connectivity index (χ3n) is 4.39. The molecule has 0 spiro atoms. The van der Waals surface area contributed by atoms with E-state index in [9.17, 15) is 9.59 Å². The van der Waals surface area contributed by atoms with Crippen molar-refractivity contribution in [3.05, 3.63) is 74.1 Å². The number of hydrogen-bond donors (Lipinski definition) is 0. The molecule has 0 aliphatic rings. The van der Waals surface area contributed by atoms with Gasteiger partial charge >= 0.3 is 11.6 Å². The summed E-state index contributed by atoms with van der Waals surface area (Å²) in [4.78, 5) is 23.9. The van der Waals surface area contributed by atoms with E-state index in [2.05, 4.69) is 0 Å². The Bertz CT molecular complexity index is 1070. The van der Waals surface area contributed by atoms with Gasteiger partial charge in [-0.1, -0.05) is 23.7 Å². The molecule has 0 aliphatic heterocycles. The molecule has 1 heterocycles. The zero-order valence-corrected chi connectivity index (χ0v) is 16.1. The van der Waals surface area contributed by atoms with Crippen LogP contribution in [0.1, 0.15) is 22.3 Å². The van der Waals surface area contributed by atoms with Crippen LogP contribution in [0.25, 0.3) is 11.0 Å². The molecular formula is C21H19ClO5. The van der Waals surface area contributed by atoms with Gasteiger partial charge in [0, 0.05) is 22.0 Å². The number of esters is 1. The quantitative estimate of drug-likeness (QED) is 0.477. The van der Waals surface area contributed by atoms with Gasteiger partial charge in [-0.15, -0.1) is 0 Å². The van der Waals surface area contributed by atoms with Gasteiger partial charge in [-0.05, 0) is 55.7 Å². The average Bonchev–Trinajstić information content (AvgIpc) is 2.62. The molecule has 0 unspecified atom stereocenters. The molecular weight excluding hydrogens is 368 g/mol. The molecule has 2 aromatic carbocycles. The normalized spacial score (nSPS) is 10.8. The van der Waals surface area contributed by atoms with Gasteiger partial charge < -0.3 is 13.9 Å². The Morgan fingerprint density at radius 1 is 1.07 bits per heavy atom. The van der Waals surface area contributed by atoms with E-state index in [1.165, 1.54) is 6.07 Å². The summed E-state index contributed by atoms with van der Waals surface area (Å²) in [6, 6.07) is 10.3. The summed E-state index contributed by atoms with van der Waals surface area (Å²) >= 11 is 5.90. The van der Waals surface area contributed by atoms with E-state index >= 15 is 0 Å². The van der Waals surface area contributed by atoms with Crippen LogP contribution in [-0.4, -0.2) is 12.6 Å². The second kappa shape index (κ2) is 7.84. The summed E-state index contributed by atoms with van der Waals surface area (Å²) in [7, 11) is 0. The van der Waals surface area contributed by atoms with Gasteiger partial charge in [-0.25, -0.2) is 9.59 Å². The molecule has 0 amide bonds. The van der Waals surface area contributed by atoms with Crippen LogP contribution >= 0.6 is 11.6 Å². The van der Waals surface area contributed by atoms with Crippen molar-refractivity contribution in [2.75, 3.05) is 6.61 Å². The number of benzene rings is 2. The first kappa shape index (κ1) is 19.0. The first-order valence-corrected chi connectivity index (χ1v) is 8.80. The van der Waals surface area contributed by atoms with Crippen LogP contribution in [0.15, 0.2) is 45.6 Å². The van der Waals surface area contributed by atoms with Crippen molar-refractivity contribution in [2.24, 2.45) is 0 Å². The Morgan fingerprint density at radius 3 is 2.59 bits per heavy atom. The SMILES string of the molecule is Cc1cc(Cl)ccc1OCC(=O)OCc1cc(=O)oc2c(C)c(C)ccc12. The van der Waals surface area contributed by atoms with E-state index in [4.69, 9.17) is 25.5 Å². The van der Waals surface area contributed by atoms with Crippen molar-refractivity contribution >= 4 is 28.5 Å². The molecule has 0 aliphatic carbocycles. The fourth-order valence-corrected chi connectivity index (χ4v) is 2.98. The summed E-state index contributed by atoms with van der Waals surface area (Å²) < 4.78 is 16.1. The molecule has 3 aromatic rings. The highest BCUT2D eigenvalue weighted by Crippen LogP contribution is 2.24. The second-order valence-electron chi connectivity index (χ2n) is 6.33. The monoisotopic (exact) mass is 386 g/mol.